The number of para-hydroxylation sites is 1. The first-order valence-electron chi connectivity index (χ1n) is 11.1. The summed E-state index contributed by atoms with van der Waals surface area (Å²) in [6, 6.07) is 21.8. The second kappa shape index (κ2) is 8.35. The van der Waals surface area contributed by atoms with Crippen LogP contribution >= 0.6 is 0 Å². The van der Waals surface area contributed by atoms with Crippen molar-refractivity contribution in [1.82, 2.24) is 19.8 Å². The normalized spacial score (nSPS) is 12.2. The average molecular weight is 488 g/mol. The van der Waals surface area contributed by atoms with Gasteiger partial charge in [-0.1, -0.05) is 56.3 Å². The Kier molecular flexibility index (Phi) is 5.44. The highest BCUT2D eigenvalue weighted by molar-refractivity contribution is 7.91. The molecule has 8 nitrogen and oxygen atoms in total. The summed E-state index contributed by atoms with van der Waals surface area (Å²) in [5.41, 5.74) is 2.53. The maximum Gasteiger partial charge on any atom is 0.229 e. The molecule has 0 aliphatic rings. The average Bonchev–Trinajstić information content (AvgIpc) is 3.29. The van der Waals surface area contributed by atoms with Crippen LogP contribution in [0, 0.1) is 0 Å². The molecule has 0 aliphatic carbocycles. The number of methoxy groups -OCH3 is 1. The maximum absolute atomic E-state index is 13.6. The molecule has 1 N–H and O–H groups in total. The van der Waals surface area contributed by atoms with E-state index in [9.17, 15) is 8.42 Å². The van der Waals surface area contributed by atoms with E-state index in [1.807, 2.05) is 60.7 Å². The van der Waals surface area contributed by atoms with E-state index in [4.69, 9.17) is 4.74 Å². The zero-order chi connectivity index (χ0) is 24.8. The lowest BCUT2D eigenvalue weighted by Crippen LogP contribution is -2.11. The minimum atomic E-state index is -3.96. The first kappa shape index (κ1) is 22.8. The lowest BCUT2D eigenvalue weighted by atomic mass is 9.87. The van der Waals surface area contributed by atoms with E-state index >= 15 is 0 Å². The SMILES string of the molecule is COc1cccc(Nc2nc3c(S(=O)(=O)c4ccc(C(C)(C)C)cc4)nnn3c3ccccc23)c1. The summed E-state index contributed by atoms with van der Waals surface area (Å²) in [5, 5.41) is 12.1. The predicted molar refractivity (Wildman–Crippen MR) is 135 cm³/mol. The van der Waals surface area contributed by atoms with Crippen LogP contribution in [-0.2, 0) is 15.3 Å². The van der Waals surface area contributed by atoms with Crippen molar-refractivity contribution in [2.45, 2.75) is 36.1 Å². The van der Waals surface area contributed by atoms with Gasteiger partial charge in [0.05, 0.1) is 17.5 Å². The Bertz CT molecular complexity index is 1650. The van der Waals surface area contributed by atoms with Crippen LogP contribution in [0.25, 0.3) is 16.6 Å². The fraction of sp³-hybridized carbons (Fsp3) is 0.192. The van der Waals surface area contributed by atoms with E-state index in [1.165, 1.54) is 4.52 Å². The van der Waals surface area contributed by atoms with Crippen molar-refractivity contribution in [3.8, 4) is 5.75 Å². The van der Waals surface area contributed by atoms with Gasteiger partial charge < -0.3 is 10.1 Å². The topological polar surface area (TPSA) is 98.5 Å². The van der Waals surface area contributed by atoms with Crippen LogP contribution in [-0.4, -0.2) is 35.3 Å². The molecule has 0 amide bonds. The first-order valence-corrected chi connectivity index (χ1v) is 12.6. The van der Waals surface area contributed by atoms with Gasteiger partial charge in [0.15, 0.2) is 5.65 Å². The molecule has 5 aromatic rings. The molecule has 0 radical (unpaired) electrons. The molecule has 0 aliphatic heterocycles. The summed E-state index contributed by atoms with van der Waals surface area (Å²) in [7, 11) is -2.36. The smallest absolute Gasteiger partial charge is 0.229 e. The summed E-state index contributed by atoms with van der Waals surface area (Å²) in [6.45, 7) is 6.24. The third-order valence-corrected chi connectivity index (χ3v) is 7.51. The van der Waals surface area contributed by atoms with Crippen molar-refractivity contribution >= 4 is 37.9 Å². The lowest BCUT2D eigenvalue weighted by Gasteiger charge is -2.19. The molecule has 0 atom stereocenters. The molecule has 3 aromatic carbocycles. The van der Waals surface area contributed by atoms with Gasteiger partial charge in [-0.15, -0.1) is 5.10 Å². The molecule has 0 fully saturated rings. The molecule has 35 heavy (non-hydrogen) atoms. The van der Waals surface area contributed by atoms with Crippen molar-refractivity contribution < 1.29 is 13.2 Å². The molecule has 0 unspecified atom stereocenters. The lowest BCUT2D eigenvalue weighted by molar-refractivity contribution is 0.415. The van der Waals surface area contributed by atoms with Crippen molar-refractivity contribution in [1.29, 1.82) is 0 Å². The quantitative estimate of drug-likeness (QED) is 0.366. The Labute approximate surface area is 203 Å². The number of nitrogens with zero attached hydrogens (tertiary/aromatic N) is 4. The van der Waals surface area contributed by atoms with Gasteiger partial charge >= 0.3 is 0 Å². The van der Waals surface area contributed by atoms with Gasteiger partial charge in [0.1, 0.15) is 11.6 Å². The van der Waals surface area contributed by atoms with Gasteiger partial charge in [-0.25, -0.2) is 13.4 Å². The highest BCUT2D eigenvalue weighted by atomic mass is 32.2. The molecule has 0 bridgehead atoms. The van der Waals surface area contributed by atoms with Gasteiger partial charge in [-0.3, -0.25) is 0 Å². The Morgan fingerprint density at radius 1 is 0.943 bits per heavy atom. The number of hydrogen-bond donors (Lipinski definition) is 1. The Balaban J connectivity index is 1.66. The second-order valence-electron chi connectivity index (χ2n) is 9.24. The third kappa shape index (κ3) is 4.08. The predicted octanol–water partition coefficient (Wildman–Crippen LogP) is 5.16. The largest absolute Gasteiger partial charge is 0.497 e. The van der Waals surface area contributed by atoms with Crippen molar-refractivity contribution in [3.05, 3.63) is 78.4 Å². The van der Waals surface area contributed by atoms with Gasteiger partial charge in [0, 0.05) is 17.1 Å². The van der Waals surface area contributed by atoms with E-state index < -0.39 is 9.84 Å². The zero-order valence-corrected chi connectivity index (χ0v) is 20.7. The number of sulfone groups is 1. The molecule has 0 saturated carbocycles. The van der Waals surface area contributed by atoms with Crippen LogP contribution in [0.1, 0.15) is 26.3 Å². The van der Waals surface area contributed by atoms with Gasteiger partial charge in [-0.2, -0.15) is 4.52 Å². The number of hydrogen-bond acceptors (Lipinski definition) is 7. The highest BCUT2D eigenvalue weighted by Crippen LogP contribution is 2.31. The zero-order valence-electron chi connectivity index (χ0n) is 19.9. The Morgan fingerprint density at radius 2 is 1.69 bits per heavy atom. The number of anilines is 2. The summed E-state index contributed by atoms with van der Waals surface area (Å²) in [5.74, 6) is 1.18. The number of ether oxygens (including phenoxy) is 1. The second-order valence-corrected chi connectivity index (χ2v) is 11.1. The number of nitrogens with one attached hydrogen (secondary N) is 1. The molecule has 9 heteroatoms. The third-order valence-electron chi connectivity index (χ3n) is 5.84. The fourth-order valence-electron chi connectivity index (χ4n) is 3.90. The van der Waals surface area contributed by atoms with Crippen LogP contribution < -0.4 is 10.1 Å². The molecule has 0 spiro atoms. The first-order chi connectivity index (χ1) is 16.7. The molecular weight excluding hydrogens is 462 g/mol. The molecule has 0 saturated heterocycles. The summed E-state index contributed by atoms with van der Waals surface area (Å²) >= 11 is 0. The van der Waals surface area contributed by atoms with Crippen molar-refractivity contribution in [3.63, 3.8) is 0 Å². The van der Waals surface area contributed by atoms with Crippen molar-refractivity contribution in [2.75, 3.05) is 12.4 Å². The number of rotatable bonds is 5. The van der Waals surface area contributed by atoms with Crippen LogP contribution in [0.4, 0.5) is 11.5 Å². The summed E-state index contributed by atoms with van der Waals surface area (Å²) < 4.78 is 33.9. The van der Waals surface area contributed by atoms with Gasteiger partial charge in [-0.05, 0) is 47.4 Å². The monoisotopic (exact) mass is 487 g/mol. The standard InChI is InChI=1S/C26H25N5O3S/c1-26(2,3)17-12-14-20(15-13-17)35(32,33)25-24-28-23(27-18-8-7-9-19(16-18)34-4)21-10-5-6-11-22(21)31(24)30-29-25/h5-16H,1-4H3,(H,27,28). The number of aromatic nitrogens is 4. The molecule has 2 heterocycles. The summed E-state index contributed by atoms with van der Waals surface area (Å²) in [4.78, 5) is 4.81. The van der Waals surface area contributed by atoms with E-state index in [0.717, 1.165) is 16.6 Å². The van der Waals surface area contributed by atoms with Crippen molar-refractivity contribution in [2.24, 2.45) is 0 Å². The van der Waals surface area contributed by atoms with Crippen LogP contribution in [0.3, 0.4) is 0 Å². The van der Waals surface area contributed by atoms with Crippen LogP contribution in [0.2, 0.25) is 0 Å². The van der Waals surface area contributed by atoms with E-state index in [1.54, 1.807) is 19.2 Å². The maximum atomic E-state index is 13.6. The fourth-order valence-corrected chi connectivity index (χ4v) is 5.13. The molecule has 5 rings (SSSR count). The number of benzene rings is 3. The van der Waals surface area contributed by atoms with Crippen LogP contribution in [0.15, 0.2) is 82.7 Å². The van der Waals surface area contributed by atoms with E-state index in [0.29, 0.717) is 17.1 Å². The van der Waals surface area contributed by atoms with E-state index in [-0.39, 0.29) is 21.0 Å². The van der Waals surface area contributed by atoms with Gasteiger partial charge in [0.25, 0.3) is 0 Å². The van der Waals surface area contributed by atoms with E-state index in [2.05, 4.69) is 41.4 Å². The van der Waals surface area contributed by atoms with Gasteiger partial charge in [0.2, 0.25) is 14.9 Å². The molecule has 178 valence electrons. The molecule has 2 aromatic heterocycles. The minimum Gasteiger partial charge on any atom is -0.497 e. The summed E-state index contributed by atoms with van der Waals surface area (Å²) in [6.07, 6.45) is 0. The minimum absolute atomic E-state index is 0.0912. The Morgan fingerprint density at radius 3 is 2.40 bits per heavy atom. The number of fused-ring (bicyclic) bond motifs is 3. The Hall–Kier alpha value is -3.98. The molecular formula is C26H25N5O3S. The van der Waals surface area contributed by atoms with Crippen LogP contribution in [0.5, 0.6) is 5.75 Å². The highest BCUT2D eigenvalue weighted by Gasteiger charge is 2.27.